The number of aryl methyl sites for hydroxylation is 1. The maximum Gasteiger partial charge on any atom is 0.271 e. The number of benzene rings is 3. The molecule has 0 fully saturated rings. The van der Waals surface area contributed by atoms with Crippen molar-refractivity contribution in [3.63, 3.8) is 0 Å². The van der Waals surface area contributed by atoms with Crippen LogP contribution in [-0.2, 0) is 0 Å². The number of fused-ring (bicyclic) bond motifs is 1. The molecule has 0 saturated heterocycles. The lowest BCUT2D eigenvalue weighted by Gasteiger charge is -2.05. The highest BCUT2D eigenvalue weighted by Crippen LogP contribution is 2.18. The van der Waals surface area contributed by atoms with Gasteiger partial charge in [0.25, 0.3) is 5.91 Å². The monoisotopic (exact) mass is 288 g/mol. The Morgan fingerprint density at radius 1 is 0.955 bits per heavy atom. The molecule has 108 valence electrons. The minimum Gasteiger partial charge on any atom is -0.267 e. The zero-order chi connectivity index (χ0) is 15.4. The van der Waals surface area contributed by atoms with Crippen LogP contribution in [0.1, 0.15) is 21.5 Å². The number of nitrogens with one attached hydrogen (secondary N) is 1. The van der Waals surface area contributed by atoms with Gasteiger partial charge < -0.3 is 0 Å². The molecule has 0 saturated carbocycles. The Morgan fingerprint density at radius 2 is 1.68 bits per heavy atom. The summed E-state index contributed by atoms with van der Waals surface area (Å²) in [4.78, 5) is 12.3. The van der Waals surface area contributed by atoms with Crippen LogP contribution in [0, 0.1) is 6.92 Å². The normalized spacial score (nSPS) is 11.0. The molecule has 0 bridgehead atoms. The van der Waals surface area contributed by atoms with Gasteiger partial charge in [-0.25, -0.2) is 5.43 Å². The molecule has 1 amide bonds. The van der Waals surface area contributed by atoms with Crippen LogP contribution in [-0.4, -0.2) is 12.1 Å². The average molecular weight is 288 g/mol. The van der Waals surface area contributed by atoms with Crippen LogP contribution >= 0.6 is 0 Å². The second-order valence-electron chi connectivity index (χ2n) is 5.08. The van der Waals surface area contributed by atoms with Gasteiger partial charge in [-0.3, -0.25) is 4.79 Å². The van der Waals surface area contributed by atoms with Crippen molar-refractivity contribution in [2.75, 3.05) is 0 Å². The van der Waals surface area contributed by atoms with E-state index in [1.807, 2.05) is 67.6 Å². The molecule has 0 aromatic heterocycles. The summed E-state index contributed by atoms with van der Waals surface area (Å²) in [6, 6.07) is 21.4. The molecule has 3 rings (SSSR count). The summed E-state index contributed by atoms with van der Waals surface area (Å²) in [5, 5.41) is 6.03. The molecule has 1 N–H and O–H groups in total. The number of amides is 1. The number of hydrazone groups is 1. The van der Waals surface area contributed by atoms with Gasteiger partial charge in [-0.1, -0.05) is 60.7 Å². The molecule has 0 radical (unpaired) electrons. The van der Waals surface area contributed by atoms with Crippen LogP contribution in [0.15, 0.2) is 71.8 Å². The predicted octanol–water partition coefficient (Wildman–Crippen LogP) is 3.91. The van der Waals surface area contributed by atoms with Crippen LogP contribution in [0.25, 0.3) is 10.8 Å². The zero-order valence-electron chi connectivity index (χ0n) is 12.3. The van der Waals surface area contributed by atoms with Gasteiger partial charge >= 0.3 is 0 Å². The molecule has 0 spiro atoms. The van der Waals surface area contributed by atoms with Crippen molar-refractivity contribution in [1.82, 2.24) is 5.43 Å². The highest BCUT2D eigenvalue weighted by molar-refractivity contribution is 6.07. The topological polar surface area (TPSA) is 41.5 Å². The van der Waals surface area contributed by atoms with Crippen molar-refractivity contribution in [2.45, 2.75) is 6.92 Å². The van der Waals surface area contributed by atoms with Crippen LogP contribution in [0.2, 0.25) is 0 Å². The lowest BCUT2D eigenvalue weighted by molar-refractivity contribution is 0.0957. The van der Waals surface area contributed by atoms with Crippen LogP contribution in [0.4, 0.5) is 0 Å². The highest BCUT2D eigenvalue weighted by Gasteiger charge is 2.08. The third-order valence-electron chi connectivity index (χ3n) is 3.59. The molecule has 0 heterocycles. The SMILES string of the molecule is Cc1ccccc1/C=N/NC(=O)c1cccc2ccccc12. The van der Waals surface area contributed by atoms with Gasteiger partial charge in [-0.05, 0) is 34.9 Å². The van der Waals surface area contributed by atoms with E-state index in [9.17, 15) is 4.79 Å². The van der Waals surface area contributed by atoms with Crippen molar-refractivity contribution in [3.05, 3.63) is 83.4 Å². The predicted molar refractivity (Wildman–Crippen MR) is 90.2 cm³/mol. The maximum atomic E-state index is 12.3. The fourth-order valence-electron chi connectivity index (χ4n) is 2.38. The van der Waals surface area contributed by atoms with Crippen molar-refractivity contribution in [3.8, 4) is 0 Å². The third-order valence-corrected chi connectivity index (χ3v) is 3.59. The van der Waals surface area contributed by atoms with E-state index in [4.69, 9.17) is 0 Å². The van der Waals surface area contributed by atoms with Crippen molar-refractivity contribution >= 4 is 22.9 Å². The molecule has 0 atom stereocenters. The number of carbonyl (C=O) groups is 1. The van der Waals surface area contributed by atoms with Gasteiger partial charge in [-0.2, -0.15) is 5.10 Å². The largest absolute Gasteiger partial charge is 0.271 e. The molecule has 3 aromatic carbocycles. The highest BCUT2D eigenvalue weighted by atomic mass is 16.2. The van der Waals surface area contributed by atoms with Gasteiger partial charge in [0.05, 0.1) is 6.21 Å². The Bertz CT molecular complexity index is 847. The first kappa shape index (κ1) is 14.0. The lowest BCUT2D eigenvalue weighted by atomic mass is 10.0. The Morgan fingerprint density at radius 3 is 2.55 bits per heavy atom. The van der Waals surface area contributed by atoms with Crippen molar-refractivity contribution < 1.29 is 4.79 Å². The van der Waals surface area contributed by atoms with Gasteiger partial charge in [0.1, 0.15) is 0 Å². The van der Waals surface area contributed by atoms with E-state index in [1.165, 1.54) is 0 Å². The van der Waals surface area contributed by atoms with Gasteiger partial charge in [0, 0.05) is 5.56 Å². The molecular weight excluding hydrogens is 272 g/mol. The van der Waals surface area contributed by atoms with Crippen molar-refractivity contribution in [1.29, 1.82) is 0 Å². The summed E-state index contributed by atoms with van der Waals surface area (Å²) in [5.74, 6) is -0.207. The van der Waals surface area contributed by atoms with Crippen molar-refractivity contribution in [2.24, 2.45) is 5.10 Å². The number of hydrogen-bond donors (Lipinski definition) is 1. The fourth-order valence-corrected chi connectivity index (χ4v) is 2.38. The molecule has 22 heavy (non-hydrogen) atoms. The fraction of sp³-hybridized carbons (Fsp3) is 0.0526. The Hall–Kier alpha value is -2.94. The lowest BCUT2D eigenvalue weighted by Crippen LogP contribution is -2.18. The Kier molecular flexibility index (Phi) is 3.97. The second-order valence-corrected chi connectivity index (χ2v) is 5.08. The molecule has 0 aliphatic carbocycles. The summed E-state index contributed by atoms with van der Waals surface area (Å²) in [6.07, 6.45) is 1.67. The van der Waals surface area contributed by atoms with E-state index in [2.05, 4.69) is 10.5 Å². The van der Waals surface area contributed by atoms with Gasteiger partial charge in [0.2, 0.25) is 0 Å². The van der Waals surface area contributed by atoms with E-state index in [0.717, 1.165) is 21.9 Å². The number of rotatable bonds is 3. The van der Waals surface area contributed by atoms with Crippen LogP contribution < -0.4 is 5.43 Å². The molecule has 0 unspecified atom stereocenters. The van der Waals surface area contributed by atoms with E-state index in [0.29, 0.717) is 5.56 Å². The molecule has 3 nitrogen and oxygen atoms in total. The number of carbonyl (C=O) groups excluding carboxylic acids is 1. The number of nitrogens with zero attached hydrogens (tertiary/aromatic N) is 1. The quantitative estimate of drug-likeness (QED) is 0.576. The molecule has 0 aliphatic rings. The van der Waals surface area contributed by atoms with E-state index >= 15 is 0 Å². The average Bonchev–Trinajstić information content (AvgIpc) is 2.56. The zero-order valence-corrected chi connectivity index (χ0v) is 12.3. The molecule has 3 aromatic rings. The first-order chi connectivity index (χ1) is 10.8. The standard InChI is InChI=1S/C19H16N2O/c1-14-7-2-3-9-16(14)13-20-21-19(22)18-12-6-10-15-8-4-5-11-17(15)18/h2-13H,1H3,(H,21,22)/b20-13+. The van der Waals surface area contributed by atoms with E-state index < -0.39 is 0 Å². The summed E-state index contributed by atoms with van der Waals surface area (Å²) in [6.45, 7) is 2.01. The minimum absolute atomic E-state index is 0.207. The summed E-state index contributed by atoms with van der Waals surface area (Å²) in [7, 11) is 0. The Balaban J connectivity index is 1.81. The summed E-state index contributed by atoms with van der Waals surface area (Å²) < 4.78 is 0. The molecule has 3 heteroatoms. The smallest absolute Gasteiger partial charge is 0.267 e. The first-order valence-corrected chi connectivity index (χ1v) is 7.12. The van der Waals surface area contributed by atoms with Crippen LogP contribution in [0.3, 0.4) is 0 Å². The number of hydrogen-bond acceptors (Lipinski definition) is 2. The summed E-state index contributed by atoms with van der Waals surface area (Å²) in [5.41, 5.74) is 5.33. The van der Waals surface area contributed by atoms with E-state index in [1.54, 1.807) is 12.3 Å². The minimum atomic E-state index is -0.207. The first-order valence-electron chi connectivity index (χ1n) is 7.12. The second kappa shape index (κ2) is 6.22. The van der Waals surface area contributed by atoms with Gasteiger partial charge in [-0.15, -0.1) is 0 Å². The van der Waals surface area contributed by atoms with Gasteiger partial charge in [0.15, 0.2) is 0 Å². The molecular formula is C19H16N2O. The maximum absolute atomic E-state index is 12.3. The molecule has 0 aliphatic heterocycles. The van der Waals surface area contributed by atoms with E-state index in [-0.39, 0.29) is 5.91 Å². The van der Waals surface area contributed by atoms with Crippen LogP contribution in [0.5, 0.6) is 0 Å². The summed E-state index contributed by atoms with van der Waals surface area (Å²) >= 11 is 0. The third kappa shape index (κ3) is 2.88. The Labute approximate surface area is 129 Å².